The molecule has 0 bridgehead atoms. The van der Waals surface area contributed by atoms with Crippen LogP contribution in [0.3, 0.4) is 0 Å². The number of hydrogen-bond acceptors (Lipinski definition) is 4. The van der Waals surface area contributed by atoms with Crippen LogP contribution < -0.4 is 16.3 Å². The first-order chi connectivity index (χ1) is 11.6. The van der Waals surface area contributed by atoms with Crippen molar-refractivity contribution in [2.45, 2.75) is 13.8 Å². The van der Waals surface area contributed by atoms with Gasteiger partial charge in [-0.15, -0.1) is 0 Å². The van der Waals surface area contributed by atoms with Crippen molar-refractivity contribution in [1.82, 2.24) is 0 Å². The van der Waals surface area contributed by atoms with E-state index < -0.39 is 5.63 Å². The minimum absolute atomic E-state index is 0.129. The number of aryl methyl sites for hydroxylation is 1. The van der Waals surface area contributed by atoms with E-state index in [1.165, 1.54) is 0 Å². The van der Waals surface area contributed by atoms with Gasteiger partial charge in [-0.25, -0.2) is 4.79 Å². The molecule has 0 aliphatic rings. The molecule has 0 aliphatic carbocycles. The molecule has 2 N–H and O–H groups in total. The Balaban J connectivity index is 2.10. The second kappa shape index (κ2) is 6.58. The summed E-state index contributed by atoms with van der Waals surface area (Å²) in [6.45, 7) is 4.39. The van der Waals surface area contributed by atoms with Crippen LogP contribution in [0, 0.1) is 6.92 Å². The zero-order valence-electron chi connectivity index (χ0n) is 13.6. The van der Waals surface area contributed by atoms with Crippen molar-refractivity contribution < 1.29 is 9.21 Å². The van der Waals surface area contributed by atoms with Crippen LogP contribution in [0.2, 0.25) is 0 Å². The molecule has 5 nitrogen and oxygen atoms in total. The lowest BCUT2D eigenvalue weighted by molar-refractivity contribution is 0.102. The molecular formula is C19H18N2O3. The van der Waals surface area contributed by atoms with E-state index in [4.69, 9.17) is 4.42 Å². The second-order valence-electron chi connectivity index (χ2n) is 5.44. The van der Waals surface area contributed by atoms with Gasteiger partial charge in [0.2, 0.25) is 0 Å². The van der Waals surface area contributed by atoms with Crippen LogP contribution in [0.25, 0.3) is 11.0 Å². The molecule has 0 unspecified atom stereocenters. The predicted molar refractivity (Wildman–Crippen MR) is 95.8 cm³/mol. The Morgan fingerprint density at radius 3 is 2.50 bits per heavy atom. The Bertz CT molecular complexity index is 960. The molecule has 3 rings (SSSR count). The maximum absolute atomic E-state index is 12.6. The third-order valence-corrected chi connectivity index (χ3v) is 3.79. The Labute approximate surface area is 139 Å². The summed E-state index contributed by atoms with van der Waals surface area (Å²) in [6.07, 6.45) is 0. The molecular weight excluding hydrogens is 304 g/mol. The third-order valence-electron chi connectivity index (χ3n) is 3.79. The fraction of sp³-hybridized carbons (Fsp3) is 0.158. The van der Waals surface area contributed by atoms with Crippen molar-refractivity contribution in [2.75, 3.05) is 17.2 Å². The molecule has 3 aromatic rings. The fourth-order valence-electron chi connectivity index (χ4n) is 2.63. The summed E-state index contributed by atoms with van der Waals surface area (Å²) >= 11 is 0. The Kier molecular flexibility index (Phi) is 4.33. The number of carbonyl (C=O) groups excluding carboxylic acids is 1. The number of hydrogen-bond donors (Lipinski definition) is 2. The van der Waals surface area contributed by atoms with Gasteiger partial charge in [-0.3, -0.25) is 4.79 Å². The highest BCUT2D eigenvalue weighted by Gasteiger charge is 2.18. The number of nitrogens with one attached hydrogen (secondary N) is 2. The number of amides is 1. The third kappa shape index (κ3) is 2.88. The van der Waals surface area contributed by atoms with Gasteiger partial charge < -0.3 is 15.1 Å². The van der Waals surface area contributed by atoms with Crippen LogP contribution in [0.5, 0.6) is 0 Å². The molecule has 0 fully saturated rings. The first-order valence-corrected chi connectivity index (χ1v) is 7.78. The number of benzene rings is 2. The summed E-state index contributed by atoms with van der Waals surface area (Å²) in [5.41, 5.74) is 1.96. The highest BCUT2D eigenvalue weighted by Crippen LogP contribution is 2.28. The summed E-state index contributed by atoms with van der Waals surface area (Å²) in [5, 5.41) is 6.61. The van der Waals surface area contributed by atoms with Gasteiger partial charge >= 0.3 is 5.63 Å². The van der Waals surface area contributed by atoms with Crippen molar-refractivity contribution in [3.8, 4) is 0 Å². The van der Waals surface area contributed by atoms with Gasteiger partial charge in [0.25, 0.3) is 5.91 Å². The molecule has 2 aromatic carbocycles. The van der Waals surface area contributed by atoms with Crippen molar-refractivity contribution in [2.24, 2.45) is 0 Å². The van der Waals surface area contributed by atoms with Crippen LogP contribution in [-0.2, 0) is 0 Å². The Hall–Kier alpha value is -3.08. The number of rotatable bonds is 4. The summed E-state index contributed by atoms with van der Waals surface area (Å²) in [7, 11) is 0. The summed E-state index contributed by atoms with van der Waals surface area (Å²) < 4.78 is 5.34. The summed E-state index contributed by atoms with van der Waals surface area (Å²) in [5.74, 6) is -0.338. The normalized spacial score (nSPS) is 10.6. The standard InChI is InChI=1S/C19H18N2O3/c1-3-20-16-14-10-6-7-11-15(14)24-19(23)17(16)21-18(22)13-9-5-4-8-12(13)2/h4-11,20H,3H2,1-2H3,(H,21,22). The molecule has 1 amide bonds. The summed E-state index contributed by atoms with van der Waals surface area (Å²) in [4.78, 5) is 24.9. The molecule has 1 heterocycles. The van der Waals surface area contributed by atoms with E-state index >= 15 is 0 Å². The number of carbonyl (C=O) groups is 1. The Morgan fingerprint density at radius 2 is 1.75 bits per heavy atom. The largest absolute Gasteiger partial charge is 0.421 e. The van der Waals surface area contributed by atoms with Crippen LogP contribution in [0.1, 0.15) is 22.8 Å². The highest BCUT2D eigenvalue weighted by atomic mass is 16.4. The van der Waals surface area contributed by atoms with E-state index in [0.29, 0.717) is 23.4 Å². The second-order valence-corrected chi connectivity index (χ2v) is 5.44. The minimum Gasteiger partial charge on any atom is -0.421 e. The molecule has 122 valence electrons. The lowest BCUT2D eigenvalue weighted by Crippen LogP contribution is -2.21. The van der Waals surface area contributed by atoms with E-state index in [0.717, 1.165) is 10.9 Å². The first-order valence-electron chi connectivity index (χ1n) is 7.78. The lowest BCUT2D eigenvalue weighted by Gasteiger charge is -2.14. The van der Waals surface area contributed by atoms with Crippen molar-refractivity contribution in [3.63, 3.8) is 0 Å². The lowest BCUT2D eigenvalue weighted by atomic mass is 10.1. The van der Waals surface area contributed by atoms with Gasteiger partial charge in [0.05, 0.1) is 5.69 Å². The molecule has 5 heteroatoms. The van der Waals surface area contributed by atoms with E-state index in [9.17, 15) is 9.59 Å². The van der Waals surface area contributed by atoms with Crippen molar-refractivity contribution in [1.29, 1.82) is 0 Å². The van der Waals surface area contributed by atoms with E-state index in [1.807, 2.05) is 38.1 Å². The molecule has 0 radical (unpaired) electrons. The zero-order valence-corrected chi connectivity index (χ0v) is 13.6. The topological polar surface area (TPSA) is 71.3 Å². The molecule has 1 aromatic heterocycles. The van der Waals surface area contributed by atoms with E-state index in [2.05, 4.69) is 10.6 Å². The smallest absolute Gasteiger partial charge is 0.362 e. The molecule has 0 atom stereocenters. The number of para-hydroxylation sites is 1. The van der Waals surface area contributed by atoms with Gasteiger partial charge in [0, 0.05) is 17.5 Å². The van der Waals surface area contributed by atoms with Crippen LogP contribution in [-0.4, -0.2) is 12.5 Å². The maximum Gasteiger partial charge on any atom is 0.362 e. The zero-order chi connectivity index (χ0) is 17.1. The van der Waals surface area contributed by atoms with Gasteiger partial charge in [0.1, 0.15) is 5.58 Å². The molecule has 0 saturated carbocycles. The molecule has 0 saturated heterocycles. The van der Waals surface area contributed by atoms with Gasteiger partial charge in [-0.2, -0.15) is 0 Å². The average molecular weight is 322 g/mol. The average Bonchev–Trinajstić information content (AvgIpc) is 2.58. The summed E-state index contributed by atoms with van der Waals surface area (Å²) in [6, 6.07) is 14.5. The molecule has 24 heavy (non-hydrogen) atoms. The SMILES string of the molecule is CCNc1c(NC(=O)c2ccccc2C)c(=O)oc2ccccc12. The van der Waals surface area contributed by atoms with Crippen molar-refractivity contribution in [3.05, 3.63) is 70.1 Å². The van der Waals surface area contributed by atoms with Crippen LogP contribution in [0.4, 0.5) is 11.4 Å². The van der Waals surface area contributed by atoms with Crippen LogP contribution in [0.15, 0.2) is 57.7 Å². The van der Waals surface area contributed by atoms with E-state index in [1.54, 1.807) is 24.3 Å². The highest BCUT2D eigenvalue weighted by molar-refractivity contribution is 6.09. The number of fused-ring (bicyclic) bond motifs is 1. The first kappa shape index (κ1) is 15.8. The van der Waals surface area contributed by atoms with Gasteiger partial charge in [-0.05, 0) is 37.6 Å². The van der Waals surface area contributed by atoms with Gasteiger partial charge in [-0.1, -0.05) is 30.3 Å². The monoisotopic (exact) mass is 322 g/mol. The van der Waals surface area contributed by atoms with Crippen LogP contribution >= 0.6 is 0 Å². The molecule has 0 aliphatic heterocycles. The predicted octanol–water partition coefficient (Wildman–Crippen LogP) is 3.79. The maximum atomic E-state index is 12.6. The van der Waals surface area contributed by atoms with Gasteiger partial charge in [0.15, 0.2) is 5.69 Å². The molecule has 0 spiro atoms. The fourth-order valence-corrected chi connectivity index (χ4v) is 2.63. The quantitative estimate of drug-likeness (QED) is 0.717. The van der Waals surface area contributed by atoms with E-state index in [-0.39, 0.29) is 11.6 Å². The Morgan fingerprint density at radius 1 is 1.04 bits per heavy atom. The van der Waals surface area contributed by atoms with Crippen molar-refractivity contribution >= 4 is 28.3 Å². The number of anilines is 2. The minimum atomic E-state index is -0.577.